The lowest BCUT2D eigenvalue weighted by Crippen LogP contribution is -2.42. The second kappa shape index (κ2) is 7.29. The van der Waals surface area contributed by atoms with E-state index >= 15 is 0 Å². The third-order valence-electron chi connectivity index (χ3n) is 5.99. The Morgan fingerprint density at radius 3 is 2.46 bits per heavy atom. The number of aromatic nitrogens is 4. The zero-order chi connectivity index (χ0) is 18.0. The maximum Gasteiger partial charge on any atom is 0.256 e. The molecule has 3 heterocycles. The molecule has 0 N–H and O–H groups in total. The lowest BCUT2D eigenvalue weighted by atomic mass is 9.68. The zero-order valence-corrected chi connectivity index (χ0v) is 14.9. The number of alkyl halides is 2. The van der Waals surface area contributed by atoms with Crippen LogP contribution in [0.25, 0.3) is 11.4 Å². The van der Waals surface area contributed by atoms with Gasteiger partial charge in [0, 0.05) is 31.0 Å². The van der Waals surface area contributed by atoms with Gasteiger partial charge in [0.1, 0.15) is 0 Å². The van der Waals surface area contributed by atoms with E-state index in [9.17, 15) is 8.78 Å². The monoisotopic (exact) mass is 361 g/mol. The van der Waals surface area contributed by atoms with E-state index in [4.69, 9.17) is 0 Å². The molecule has 7 heteroatoms. The summed E-state index contributed by atoms with van der Waals surface area (Å²) in [5.41, 5.74) is 1.18. The summed E-state index contributed by atoms with van der Waals surface area (Å²) < 4.78 is 28.0. The number of pyridine rings is 1. The zero-order valence-electron chi connectivity index (χ0n) is 14.9. The van der Waals surface area contributed by atoms with Gasteiger partial charge in [-0.05, 0) is 43.2 Å². The van der Waals surface area contributed by atoms with E-state index in [1.165, 1.54) is 32.1 Å². The predicted molar refractivity (Wildman–Crippen MR) is 96.2 cm³/mol. The molecule has 2 aromatic heterocycles. The van der Waals surface area contributed by atoms with Crippen LogP contribution in [-0.2, 0) is 6.54 Å². The molecular formula is C19H25F2N5. The summed E-state index contributed by atoms with van der Waals surface area (Å²) in [7, 11) is 0. The Kier molecular flexibility index (Phi) is 4.87. The van der Waals surface area contributed by atoms with Crippen molar-refractivity contribution >= 4 is 5.95 Å². The van der Waals surface area contributed by atoms with Gasteiger partial charge in [0.05, 0.1) is 6.54 Å². The molecule has 1 saturated carbocycles. The Morgan fingerprint density at radius 2 is 1.81 bits per heavy atom. The minimum atomic E-state index is -2.45. The van der Waals surface area contributed by atoms with Gasteiger partial charge in [-0.3, -0.25) is 9.55 Å². The molecular weight excluding hydrogens is 336 g/mol. The number of rotatable bonds is 4. The molecule has 0 unspecified atom stereocenters. The van der Waals surface area contributed by atoms with Gasteiger partial charge in [0.2, 0.25) is 5.95 Å². The summed E-state index contributed by atoms with van der Waals surface area (Å²) in [6, 6.07) is 3.61. The highest BCUT2D eigenvalue weighted by molar-refractivity contribution is 5.56. The van der Waals surface area contributed by atoms with Crippen LogP contribution in [0.1, 0.15) is 44.9 Å². The maximum atomic E-state index is 13.2. The van der Waals surface area contributed by atoms with Crippen LogP contribution in [0, 0.1) is 5.41 Å². The van der Waals surface area contributed by atoms with Crippen molar-refractivity contribution < 1.29 is 8.78 Å². The quantitative estimate of drug-likeness (QED) is 0.820. The maximum absolute atomic E-state index is 13.2. The van der Waals surface area contributed by atoms with Crippen LogP contribution >= 0.6 is 0 Å². The van der Waals surface area contributed by atoms with Gasteiger partial charge in [-0.25, -0.2) is 8.78 Å². The first-order chi connectivity index (χ1) is 12.7. The average molecular weight is 361 g/mol. The largest absolute Gasteiger partial charge is 0.341 e. The van der Waals surface area contributed by atoms with Crippen LogP contribution in [-0.4, -0.2) is 39.3 Å². The summed E-state index contributed by atoms with van der Waals surface area (Å²) >= 11 is 0. The van der Waals surface area contributed by atoms with Gasteiger partial charge < -0.3 is 4.90 Å². The first-order valence-electron chi connectivity index (χ1n) is 9.54. The normalized spacial score (nSPS) is 20.0. The molecule has 1 spiro atoms. The molecule has 0 bridgehead atoms. The van der Waals surface area contributed by atoms with Crippen molar-refractivity contribution in [2.24, 2.45) is 5.41 Å². The number of halogens is 2. The van der Waals surface area contributed by atoms with Gasteiger partial charge in [0.15, 0.2) is 5.82 Å². The summed E-state index contributed by atoms with van der Waals surface area (Å²) in [6.45, 7) is 1.34. The molecule has 2 aromatic rings. The number of nitrogens with zero attached hydrogens (tertiary/aromatic N) is 5. The van der Waals surface area contributed by atoms with E-state index in [1.807, 2.05) is 6.07 Å². The third kappa shape index (κ3) is 3.44. The molecule has 5 nitrogen and oxygen atoms in total. The molecule has 140 valence electrons. The minimum Gasteiger partial charge on any atom is -0.341 e. The molecule has 4 rings (SSSR count). The summed E-state index contributed by atoms with van der Waals surface area (Å²) in [5, 5.41) is 8.50. The molecule has 2 fully saturated rings. The van der Waals surface area contributed by atoms with E-state index in [-0.39, 0.29) is 0 Å². The van der Waals surface area contributed by atoms with E-state index < -0.39 is 13.0 Å². The van der Waals surface area contributed by atoms with Crippen LogP contribution in [0.3, 0.4) is 0 Å². The summed E-state index contributed by atoms with van der Waals surface area (Å²) in [4.78, 5) is 6.21. The Balaban J connectivity index is 1.57. The number of anilines is 1. The lowest BCUT2D eigenvalue weighted by Gasteiger charge is -2.44. The van der Waals surface area contributed by atoms with Crippen molar-refractivity contribution in [1.29, 1.82) is 0 Å². The minimum absolute atomic E-state index is 0.395. The highest BCUT2D eigenvalue weighted by atomic mass is 19.3. The van der Waals surface area contributed by atoms with Gasteiger partial charge in [-0.2, -0.15) is 0 Å². The standard InChI is InChI=1S/C19H25F2N5/c20-16(21)14-26-17(15-5-4-10-22-13-15)23-24-18(26)25-11-8-19(9-12-25)6-2-1-3-7-19/h4-5,10,13,16H,1-3,6-9,11-12,14H2. The second-order valence-corrected chi connectivity index (χ2v) is 7.61. The molecule has 1 saturated heterocycles. The lowest BCUT2D eigenvalue weighted by molar-refractivity contribution is 0.125. The van der Waals surface area contributed by atoms with Crippen LogP contribution in [0.15, 0.2) is 24.5 Å². The fraction of sp³-hybridized carbons (Fsp3) is 0.632. The van der Waals surface area contributed by atoms with Gasteiger partial charge in [0.25, 0.3) is 6.43 Å². The molecule has 1 aliphatic heterocycles. The van der Waals surface area contributed by atoms with E-state index in [0.717, 1.165) is 25.9 Å². The molecule has 2 aliphatic rings. The number of piperidine rings is 1. The van der Waals surface area contributed by atoms with Crippen LogP contribution in [0.4, 0.5) is 14.7 Å². The first kappa shape index (κ1) is 17.4. The van der Waals surface area contributed by atoms with Crippen molar-refractivity contribution in [3.8, 4) is 11.4 Å². The van der Waals surface area contributed by atoms with Crippen LogP contribution < -0.4 is 4.90 Å². The highest BCUT2D eigenvalue weighted by Crippen LogP contribution is 2.45. The van der Waals surface area contributed by atoms with Crippen LogP contribution in [0.5, 0.6) is 0 Å². The van der Waals surface area contributed by atoms with Crippen molar-refractivity contribution in [3.05, 3.63) is 24.5 Å². The van der Waals surface area contributed by atoms with E-state index in [2.05, 4.69) is 20.1 Å². The topological polar surface area (TPSA) is 46.8 Å². The summed E-state index contributed by atoms with van der Waals surface area (Å²) in [5.74, 6) is 1.03. The van der Waals surface area contributed by atoms with Crippen molar-refractivity contribution in [2.45, 2.75) is 57.9 Å². The highest BCUT2D eigenvalue weighted by Gasteiger charge is 2.36. The fourth-order valence-electron chi connectivity index (χ4n) is 4.53. The fourth-order valence-corrected chi connectivity index (χ4v) is 4.53. The Labute approximate surface area is 152 Å². The van der Waals surface area contributed by atoms with Crippen molar-refractivity contribution in [1.82, 2.24) is 19.7 Å². The average Bonchev–Trinajstić information content (AvgIpc) is 3.07. The third-order valence-corrected chi connectivity index (χ3v) is 5.99. The van der Waals surface area contributed by atoms with Crippen LogP contribution in [0.2, 0.25) is 0 Å². The molecule has 0 aromatic carbocycles. The molecule has 0 radical (unpaired) electrons. The van der Waals surface area contributed by atoms with Gasteiger partial charge in [-0.15, -0.1) is 10.2 Å². The number of hydrogen-bond acceptors (Lipinski definition) is 4. The van der Waals surface area contributed by atoms with Gasteiger partial charge >= 0.3 is 0 Å². The SMILES string of the molecule is FC(F)Cn1c(-c2cccnc2)nnc1N1CCC2(CCCCC2)CC1. The van der Waals surface area contributed by atoms with E-state index in [0.29, 0.717) is 22.8 Å². The Hall–Kier alpha value is -2.05. The van der Waals surface area contributed by atoms with Gasteiger partial charge in [-0.1, -0.05) is 19.3 Å². The Morgan fingerprint density at radius 1 is 1.04 bits per heavy atom. The first-order valence-corrected chi connectivity index (χ1v) is 9.54. The number of hydrogen-bond donors (Lipinski definition) is 0. The predicted octanol–water partition coefficient (Wildman–Crippen LogP) is 4.16. The molecule has 0 atom stereocenters. The Bertz CT molecular complexity index is 715. The van der Waals surface area contributed by atoms with Crippen molar-refractivity contribution in [3.63, 3.8) is 0 Å². The van der Waals surface area contributed by atoms with E-state index in [1.54, 1.807) is 23.0 Å². The molecule has 26 heavy (non-hydrogen) atoms. The van der Waals surface area contributed by atoms with Crippen molar-refractivity contribution in [2.75, 3.05) is 18.0 Å². The molecule has 0 amide bonds. The summed E-state index contributed by atoms with van der Waals surface area (Å²) in [6.07, 6.45) is 9.72. The smallest absolute Gasteiger partial charge is 0.256 e. The second-order valence-electron chi connectivity index (χ2n) is 7.61. The molecule has 1 aliphatic carbocycles.